The number of hydrogen-bond donors (Lipinski definition) is 0. The van der Waals surface area contributed by atoms with Crippen molar-refractivity contribution in [2.75, 3.05) is 25.1 Å². The van der Waals surface area contributed by atoms with E-state index in [0.29, 0.717) is 19.0 Å². The lowest BCUT2D eigenvalue weighted by Crippen LogP contribution is -2.50. The van der Waals surface area contributed by atoms with E-state index < -0.39 is 10.0 Å². The first-order valence-corrected chi connectivity index (χ1v) is 8.91. The lowest BCUT2D eigenvalue weighted by Gasteiger charge is -2.36. The minimum Gasteiger partial charge on any atom is -0.213 e. The summed E-state index contributed by atoms with van der Waals surface area (Å²) in [5.41, 5.74) is 0. The highest BCUT2D eigenvalue weighted by atomic mass is 79.9. The normalized spacial score (nSPS) is 18.0. The molecule has 1 aromatic carbocycles. The molecule has 0 unspecified atom stereocenters. The van der Waals surface area contributed by atoms with Gasteiger partial charge >= 0.3 is 0 Å². The molecule has 0 spiro atoms. The number of sulfonamides is 1. The second kappa shape index (κ2) is 5.30. The fourth-order valence-corrected chi connectivity index (χ4v) is 4.21. The molecule has 3 nitrogen and oxygen atoms in total. The fraction of sp³-hybridized carbons (Fsp3) is 0.455. The standard InChI is InChI=1S/C11H14BrNO2S2/c1-17(14,15)13-6-9(7-13)8-16-11-4-2-3-10(12)5-11/h2-5,9H,6-8H2,1H3. The average molecular weight is 336 g/mol. The molecule has 94 valence electrons. The van der Waals surface area contributed by atoms with E-state index in [-0.39, 0.29) is 0 Å². The largest absolute Gasteiger partial charge is 0.213 e. The highest BCUT2D eigenvalue weighted by molar-refractivity contribution is 9.10. The number of rotatable bonds is 4. The van der Waals surface area contributed by atoms with E-state index in [0.717, 1.165) is 10.2 Å². The van der Waals surface area contributed by atoms with Crippen molar-refractivity contribution in [2.45, 2.75) is 4.90 Å². The fourth-order valence-electron chi connectivity index (χ4n) is 1.67. The van der Waals surface area contributed by atoms with E-state index in [9.17, 15) is 8.42 Å². The second-order valence-corrected chi connectivity index (χ2v) is 8.21. The Morgan fingerprint density at radius 1 is 1.47 bits per heavy atom. The maximum Gasteiger partial charge on any atom is 0.211 e. The molecular weight excluding hydrogens is 322 g/mol. The summed E-state index contributed by atoms with van der Waals surface area (Å²) in [6.45, 7) is 1.33. The topological polar surface area (TPSA) is 37.4 Å². The predicted octanol–water partition coefficient (Wildman–Crippen LogP) is 2.43. The van der Waals surface area contributed by atoms with Crippen LogP contribution in [0.25, 0.3) is 0 Å². The minimum atomic E-state index is -2.97. The van der Waals surface area contributed by atoms with Crippen LogP contribution >= 0.6 is 27.7 Å². The number of halogens is 1. The zero-order valence-corrected chi connectivity index (χ0v) is 12.7. The van der Waals surface area contributed by atoms with E-state index in [1.54, 1.807) is 11.8 Å². The first-order chi connectivity index (χ1) is 7.95. The molecule has 0 amide bonds. The summed E-state index contributed by atoms with van der Waals surface area (Å²) in [5.74, 6) is 1.45. The van der Waals surface area contributed by atoms with Gasteiger partial charge in [-0.2, -0.15) is 0 Å². The Morgan fingerprint density at radius 3 is 2.76 bits per heavy atom. The molecule has 0 aromatic heterocycles. The molecule has 0 atom stereocenters. The van der Waals surface area contributed by atoms with Crippen molar-refractivity contribution in [3.8, 4) is 0 Å². The van der Waals surface area contributed by atoms with Crippen LogP contribution in [0.3, 0.4) is 0 Å². The molecule has 6 heteroatoms. The third-order valence-electron chi connectivity index (χ3n) is 2.67. The summed E-state index contributed by atoms with van der Waals surface area (Å²) in [4.78, 5) is 1.22. The quantitative estimate of drug-likeness (QED) is 0.793. The third kappa shape index (κ3) is 3.71. The van der Waals surface area contributed by atoms with Gasteiger partial charge in [-0.05, 0) is 24.1 Å². The van der Waals surface area contributed by atoms with Crippen LogP contribution in [0.4, 0.5) is 0 Å². The van der Waals surface area contributed by atoms with Gasteiger partial charge in [-0.15, -0.1) is 11.8 Å². The molecule has 1 aliphatic rings. The van der Waals surface area contributed by atoms with Crippen molar-refractivity contribution in [3.05, 3.63) is 28.7 Å². The monoisotopic (exact) mass is 335 g/mol. The van der Waals surface area contributed by atoms with Gasteiger partial charge in [-0.25, -0.2) is 12.7 Å². The first-order valence-electron chi connectivity index (χ1n) is 5.28. The number of thioether (sulfide) groups is 1. The zero-order valence-electron chi connectivity index (χ0n) is 9.47. The van der Waals surface area contributed by atoms with Gasteiger partial charge in [0.1, 0.15) is 0 Å². The van der Waals surface area contributed by atoms with Crippen LogP contribution in [0.2, 0.25) is 0 Å². The van der Waals surface area contributed by atoms with Gasteiger partial charge in [0.25, 0.3) is 0 Å². The van der Waals surface area contributed by atoms with Crippen molar-refractivity contribution >= 4 is 37.7 Å². The van der Waals surface area contributed by atoms with Gasteiger partial charge in [-0.3, -0.25) is 0 Å². The Balaban J connectivity index is 1.79. The van der Waals surface area contributed by atoms with Gasteiger partial charge in [-0.1, -0.05) is 22.0 Å². The summed E-state index contributed by atoms with van der Waals surface area (Å²) in [6, 6.07) is 8.16. The Kier molecular flexibility index (Phi) is 4.18. The van der Waals surface area contributed by atoms with E-state index in [2.05, 4.69) is 28.1 Å². The molecule has 0 aliphatic carbocycles. The van der Waals surface area contributed by atoms with Gasteiger partial charge in [0.2, 0.25) is 10.0 Å². The van der Waals surface area contributed by atoms with E-state index >= 15 is 0 Å². The van der Waals surface area contributed by atoms with Crippen LogP contribution in [0.15, 0.2) is 33.6 Å². The van der Waals surface area contributed by atoms with Crippen LogP contribution in [0.5, 0.6) is 0 Å². The SMILES string of the molecule is CS(=O)(=O)N1CC(CSc2cccc(Br)c2)C1. The lowest BCUT2D eigenvalue weighted by molar-refractivity contribution is 0.224. The Morgan fingerprint density at radius 2 is 2.18 bits per heavy atom. The minimum absolute atomic E-state index is 0.480. The summed E-state index contributed by atoms with van der Waals surface area (Å²) >= 11 is 5.21. The van der Waals surface area contributed by atoms with Gasteiger partial charge < -0.3 is 0 Å². The Hall–Kier alpha value is -0.0400. The van der Waals surface area contributed by atoms with Crippen molar-refractivity contribution in [1.82, 2.24) is 4.31 Å². The third-order valence-corrected chi connectivity index (χ3v) is 5.63. The maximum absolute atomic E-state index is 11.2. The van der Waals surface area contributed by atoms with Crippen LogP contribution in [0, 0.1) is 5.92 Å². The summed E-state index contributed by atoms with van der Waals surface area (Å²) in [5, 5.41) is 0. The smallest absolute Gasteiger partial charge is 0.211 e. The highest BCUT2D eigenvalue weighted by Crippen LogP contribution is 2.28. The van der Waals surface area contributed by atoms with E-state index in [1.807, 2.05) is 12.1 Å². The lowest BCUT2D eigenvalue weighted by atomic mass is 10.1. The highest BCUT2D eigenvalue weighted by Gasteiger charge is 2.32. The van der Waals surface area contributed by atoms with Crippen molar-refractivity contribution in [3.63, 3.8) is 0 Å². The number of hydrogen-bond acceptors (Lipinski definition) is 3. The summed E-state index contributed by atoms with van der Waals surface area (Å²) in [6.07, 6.45) is 1.27. The molecule has 0 radical (unpaired) electrons. The molecule has 1 saturated heterocycles. The molecule has 0 bridgehead atoms. The second-order valence-electron chi connectivity index (χ2n) is 4.21. The molecular formula is C11H14BrNO2S2. The number of nitrogens with zero attached hydrogens (tertiary/aromatic N) is 1. The van der Waals surface area contributed by atoms with Gasteiger partial charge in [0.15, 0.2) is 0 Å². The van der Waals surface area contributed by atoms with Gasteiger partial charge in [0, 0.05) is 28.2 Å². The van der Waals surface area contributed by atoms with E-state index in [1.165, 1.54) is 15.5 Å². The molecule has 1 aliphatic heterocycles. The first kappa shape index (κ1) is 13.4. The van der Waals surface area contributed by atoms with Crippen molar-refractivity contribution in [2.24, 2.45) is 5.92 Å². The number of benzene rings is 1. The van der Waals surface area contributed by atoms with Crippen LogP contribution in [-0.4, -0.2) is 37.8 Å². The van der Waals surface area contributed by atoms with Crippen molar-refractivity contribution < 1.29 is 8.42 Å². The summed E-state index contributed by atoms with van der Waals surface area (Å²) in [7, 11) is -2.97. The van der Waals surface area contributed by atoms with Crippen molar-refractivity contribution in [1.29, 1.82) is 0 Å². The van der Waals surface area contributed by atoms with Crippen LogP contribution < -0.4 is 0 Å². The zero-order chi connectivity index (χ0) is 12.5. The average Bonchev–Trinajstić information content (AvgIpc) is 2.13. The molecule has 17 heavy (non-hydrogen) atoms. The van der Waals surface area contributed by atoms with Gasteiger partial charge in [0.05, 0.1) is 6.26 Å². The summed E-state index contributed by atoms with van der Waals surface area (Å²) < 4.78 is 25.0. The van der Waals surface area contributed by atoms with E-state index in [4.69, 9.17) is 0 Å². The molecule has 2 rings (SSSR count). The Bertz CT molecular complexity index is 498. The Labute approximate surface area is 115 Å². The predicted molar refractivity (Wildman–Crippen MR) is 74.8 cm³/mol. The molecule has 1 heterocycles. The molecule has 0 saturated carbocycles. The van der Waals surface area contributed by atoms with Crippen LogP contribution in [-0.2, 0) is 10.0 Å². The van der Waals surface area contributed by atoms with Crippen LogP contribution in [0.1, 0.15) is 0 Å². The molecule has 0 N–H and O–H groups in total. The maximum atomic E-state index is 11.2. The molecule has 1 fully saturated rings. The molecule has 1 aromatic rings.